The summed E-state index contributed by atoms with van der Waals surface area (Å²) in [6.07, 6.45) is 3.01. The highest BCUT2D eigenvalue weighted by atomic mass is 32.2. The molecule has 1 unspecified atom stereocenters. The third kappa shape index (κ3) is 9.31. The van der Waals surface area contributed by atoms with E-state index in [2.05, 4.69) is 41.3 Å². The summed E-state index contributed by atoms with van der Waals surface area (Å²) in [5.74, 6) is 2.88. The number of nitrogens with one attached hydrogen (secondary N) is 2. The molecule has 0 radical (unpaired) electrons. The van der Waals surface area contributed by atoms with Gasteiger partial charge in [-0.05, 0) is 18.9 Å². The average molecular weight is 336 g/mol. The van der Waals surface area contributed by atoms with Crippen LogP contribution in [0.4, 0.5) is 0 Å². The van der Waals surface area contributed by atoms with E-state index in [4.69, 9.17) is 4.74 Å². The Kier molecular flexibility index (Phi) is 11.1. The van der Waals surface area contributed by atoms with Gasteiger partial charge in [0.2, 0.25) is 0 Å². The molecule has 0 aliphatic rings. The number of hydrogen-bond acceptors (Lipinski definition) is 3. The highest BCUT2D eigenvalue weighted by Gasteiger charge is 2.04. The van der Waals surface area contributed by atoms with Gasteiger partial charge in [-0.2, -0.15) is 11.8 Å². The molecule has 4 nitrogen and oxygen atoms in total. The van der Waals surface area contributed by atoms with Crippen molar-refractivity contribution in [3.8, 4) is 0 Å². The summed E-state index contributed by atoms with van der Waals surface area (Å²) in [6, 6.07) is 10.3. The first-order valence-corrected chi connectivity index (χ1v) is 9.23. The summed E-state index contributed by atoms with van der Waals surface area (Å²) in [5, 5.41) is 6.60. The molecule has 23 heavy (non-hydrogen) atoms. The Bertz CT molecular complexity index is 451. The van der Waals surface area contributed by atoms with Crippen molar-refractivity contribution < 1.29 is 4.74 Å². The summed E-state index contributed by atoms with van der Waals surface area (Å²) in [6.45, 7) is 8.28. The molecule has 0 aliphatic carbocycles. The van der Waals surface area contributed by atoms with Crippen LogP contribution in [0, 0.1) is 0 Å². The summed E-state index contributed by atoms with van der Waals surface area (Å²) in [5.41, 5.74) is 1.22. The van der Waals surface area contributed by atoms with Gasteiger partial charge >= 0.3 is 0 Å². The number of thioether (sulfide) groups is 1. The molecule has 0 heterocycles. The number of nitrogens with zero attached hydrogens (tertiary/aromatic N) is 1. The van der Waals surface area contributed by atoms with E-state index in [9.17, 15) is 0 Å². The van der Waals surface area contributed by atoms with Crippen LogP contribution in [0.3, 0.4) is 0 Å². The van der Waals surface area contributed by atoms with Gasteiger partial charge in [0.05, 0.1) is 6.10 Å². The van der Waals surface area contributed by atoms with Gasteiger partial charge < -0.3 is 15.4 Å². The van der Waals surface area contributed by atoms with Crippen LogP contribution in [0.1, 0.15) is 25.0 Å². The lowest BCUT2D eigenvalue weighted by molar-refractivity contribution is 0.0646. The third-order valence-electron chi connectivity index (χ3n) is 3.25. The average Bonchev–Trinajstić information content (AvgIpc) is 2.60. The lowest BCUT2D eigenvalue weighted by atomic mass is 10.1. The van der Waals surface area contributed by atoms with Crippen molar-refractivity contribution in [2.24, 2.45) is 4.99 Å². The van der Waals surface area contributed by atoms with Crippen molar-refractivity contribution in [2.45, 2.75) is 19.4 Å². The van der Waals surface area contributed by atoms with Crippen molar-refractivity contribution in [3.05, 3.63) is 48.6 Å². The molecule has 0 aliphatic heterocycles. The minimum absolute atomic E-state index is 0.135. The lowest BCUT2D eigenvalue weighted by Crippen LogP contribution is -2.39. The molecular weight excluding hydrogens is 306 g/mol. The van der Waals surface area contributed by atoms with Crippen LogP contribution < -0.4 is 10.6 Å². The Morgan fingerprint density at radius 1 is 1.30 bits per heavy atom. The van der Waals surface area contributed by atoms with E-state index in [-0.39, 0.29) is 6.10 Å². The molecule has 1 rings (SSSR count). The quantitative estimate of drug-likeness (QED) is 0.282. The van der Waals surface area contributed by atoms with Gasteiger partial charge in [-0.25, -0.2) is 0 Å². The monoisotopic (exact) mass is 335 g/mol. The number of ether oxygens (including phenoxy) is 1. The summed E-state index contributed by atoms with van der Waals surface area (Å²) in [4.78, 5) is 4.21. The molecule has 0 bridgehead atoms. The highest BCUT2D eigenvalue weighted by Crippen LogP contribution is 2.15. The van der Waals surface area contributed by atoms with Gasteiger partial charge in [-0.15, -0.1) is 6.58 Å². The number of aliphatic imine (C=N–C) groups is 1. The smallest absolute Gasteiger partial charge is 0.191 e. The topological polar surface area (TPSA) is 45.7 Å². The highest BCUT2D eigenvalue weighted by molar-refractivity contribution is 7.99. The molecule has 2 N–H and O–H groups in total. The summed E-state index contributed by atoms with van der Waals surface area (Å²) in [7, 11) is 1.79. The molecule has 0 spiro atoms. The second-order valence-electron chi connectivity index (χ2n) is 5.07. The van der Waals surface area contributed by atoms with Gasteiger partial charge in [-0.1, -0.05) is 36.4 Å². The van der Waals surface area contributed by atoms with E-state index in [0.29, 0.717) is 0 Å². The molecule has 0 saturated heterocycles. The molecule has 1 atom stereocenters. The van der Waals surface area contributed by atoms with Crippen LogP contribution in [0.2, 0.25) is 0 Å². The Labute approximate surface area is 144 Å². The lowest BCUT2D eigenvalue weighted by Gasteiger charge is -2.14. The van der Waals surface area contributed by atoms with Crippen LogP contribution in [-0.2, 0) is 4.74 Å². The maximum atomic E-state index is 5.86. The molecule has 128 valence electrons. The van der Waals surface area contributed by atoms with E-state index in [1.54, 1.807) is 7.05 Å². The normalized spacial score (nSPS) is 12.7. The van der Waals surface area contributed by atoms with E-state index in [1.165, 1.54) is 5.56 Å². The second-order valence-corrected chi connectivity index (χ2v) is 6.22. The van der Waals surface area contributed by atoms with Crippen molar-refractivity contribution in [1.29, 1.82) is 0 Å². The Morgan fingerprint density at radius 3 is 2.74 bits per heavy atom. The van der Waals surface area contributed by atoms with Gasteiger partial charge in [0.1, 0.15) is 0 Å². The Balaban J connectivity index is 2.07. The van der Waals surface area contributed by atoms with Gasteiger partial charge in [0, 0.05) is 38.2 Å². The van der Waals surface area contributed by atoms with E-state index >= 15 is 0 Å². The SMILES string of the molecule is C=CCSCCNC(=NC)NCCCOC(C)c1ccccc1. The first-order valence-electron chi connectivity index (χ1n) is 8.07. The molecule has 5 heteroatoms. The predicted molar refractivity (Wildman–Crippen MR) is 102 cm³/mol. The van der Waals surface area contributed by atoms with E-state index < -0.39 is 0 Å². The molecule has 1 aromatic carbocycles. The first-order chi connectivity index (χ1) is 11.3. The zero-order valence-corrected chi connectivity index (χ0v) is 15.1. The van der Waals surface area contributed by atoms with Crippen LogP contribution in [0.25, 0.3) is 0 Å². The fourth-order valence-electron chi connectivity index (χ4n) is 1.99. The Hall–Kier alpha value is -1.46. The molecule has 1 aromatic rings. The number of benzene rings is 1. The van der Waals surface area contributed by atoms with Gasteiger partial charge in [-0.3, -0.25) is 4.99 Å². The zero-order chi connectivity index (χ0) is 16.8. The number of rotatable bonds is 11. The largest absolute Gasteiger partial charge is 0.374 e. The molecule has 0 amide bonds. The van der Waals surface area contributed by atoms with E-state index in [0.717, 1.165) is 43.6 Å². The fraction of sp³-hybridized carbons (Fsp3) is 0.500. The molecule has 0 aromatic heterocycles. The van der Waals surface area contributed by atoms with Crippen molar-refractivity contribution in [2.75, 3.05) is 38.2 Å². The van der Waals surface area contributed by atoms with E-state index in [1.807, 2.05) is 36.0 Å². The van der Waals surface area contributed by atoms with Gasteiger partial charge in [0.25, 0.3) is 0 Å². The number of hydrogen-bond donors (Lipinski definition) is 2. The minimum atomic E-state index is 0.135. The van der Waals surface area contributed by atoms with Crippen LogP contribution in [0.5, 0.6) is 0 Å². The van der Waals surface area contributed by atoms with Crippen LogP contribution in [0.15, 0.2) is 48.0 Å². The summed E-state index contributed by atoms with van der Waals surface area (Å²) < 4.78 is 5.86. The standard InChI is InChI=1S/C18H29N3OS/c1-4-14-23-15-12-21-18(19-3)20-11-8-13-22-16(2)17-9-6-5-7-10-17/h4-7,9-10,16H,1,8,11-15H2,2-3H3,(H2,19,20,21). The fourth-order valence-corrected chi connectivity index (χ4v) is 2.57. The Morgan fingerprint density at radius 2 is 2.04 bits per heavy atom. The van der Waals surface area contributed by atoms with Crippen LogP contribution >= 0.6 is 11.8 Å². The van der Waals surface area contributed by atoms with Crippen molar-refractivity contribution in [1.82, 2.24) is 10.6 Å². The summed E-state index contributed by atoms with van der Waals surface area (Å²) >= 11 is 1.86. The molecule has 0 fully saturated rings. The maximum Gasteiger partial charge on any atom is 0.191 e. The molecular formula is C18H29N3OS. The predicted octanol–water partition coefficient (Wildman–Crippen LogP) is 3.24. The first kappa shape index (κ1) is 19.6. The maximum absolute atomic E-state index is 5.86. The number of guanidine groups is 1. The van der Waals surface area contributed by atoms with Crippen molar-refractivity contribution in [3.63, 3.8) is 0 Å². The van der Waals surface area contributed by atoms with Crippen molar-refractivity contribution >= 4 is 17.7 Å². The van der Waals surface area contributed by atoms with Crippen LogP contribution in [-0.4, -0.2) is 44.2 Å². The van der Waals surface area contributed by atoms with Gasteiger partial charge in [0.15, 0.2) is 5.96 Å². The third-order valence-corrected chi connectivity index (χ3v) is 4.21. The second kappa shape index (κ2) is 13.0. The zero-order valence-electron chi connectivity index (χ0n) is 14.3. The molecule has 0 saturated carbocycles. The minimum Gasteiger partial charge on any atom is -0.374 e.